The SMILES string of the molecule is Cc1cccc([N+](=O)[O-])c1OCCCc1cccc(N)c1. The first-order valence-corrected chi connectivity index (χ1v) is 6.79. The van der Waals surface area contributed by atoms with E-state index in [9.17, 15) is 10.1 Å². The third kappa shape index (κ3) is 3.95. The minimum Gasteiger partial charge on any atom is -0.487 e. The predicted molar refractivity (Wildman–Crippen MR) is 82.5 cm³/mol. The van der Waals surface area contributed by atoms with Crippen LogP contribution in [0.2, 0.25) is 0 Å². The smallest absolute Gasteiger partial charge is 0.311 e. The fraction of sp³-hybridized carbons (Fsp3) is 0.250. The predicted octanol–water partition coefficient (Wildman–Crippen LogP) is 3.50. The molecule has 0 heterocycles. The average molecular weight is 286 g/mol. The Morgan fingerprint density at radius 2 is 2.00 bits per heavy atom. The van der Waals surface area contributed by atoms with Crippen molar-refractivity contribution in [3.8, 4) is 5.75 Å². The molecule has 0 saturated carbocycles. The molecule has 0 aliphatic heterocycles. The Morgan fingerprint density at radius 1 is 1.24 bits per heavy atom. The van der Waals surface area contributed by atoms with Gasteiger partial charge in [0.25, 0.3) is 0 Å². The highest BCUT2D eigenvalue weighted by atomic mass is 16.6. The Kier molecular flexibility index (Phi) is 4.77. The molecule has 0 aliphatic carbocycles. The number of hydrogen-bond acceptors (Lipinski definition) is 4. The molecule has 2 aromatic carbocycles. The van der Waals surface area contributed by atoms with Crippen LogP contribution in [0.15, 0.2) is 42.5 Å². The van der Waals surface area contributed by atoms with Crippen LogP contribution in [0, 0.1) is 17.0 Å². The van der Waals surface area contributed by atoms with Gasteiger partial charge in [0.15, 0.2) is 5.75 Å². The fourth-order valence-electron chi connectivity index (χ4n) is 2.17. The molecule has 0 amide bonds. The van der Waals surface area contributed by atoms with E-state index >= 15 is 0 Å². The summed E-state index contributed by atoms with van der Waals surface area (Å²) in [6.45, 7) is 2.24. The number of benzene rings is 2. The van der Waals surface area contributed by atoms with E-state index in [1.165, 1.54) is 6.07 Å². The number of para-hydroxylation sites is 1. The molecule has 0 bridgehead atoms. The molecule has 0 fully saturated rings. The number of hydrogen-bond donors (Lipinski definition) is 1. The van der Waals surface area contributed by atoms with Crippen molar-refractivity contribution in [3.05, 3.63) is 63.7 Å². The number of nitro groups is 1. The molecule has 0 unspecified atom stereocenters. The van der Waals surface area contributed by atoms with Crippen LogP contribution >= 0.6 is 0 Å². The van der Waals surface area contributed by atoms with Gasteiger partial charge < -0.3 is 10.5 Å². The molecule has 21 heavy (non-hydrogen) atoms. The van der Waals surface area contributed by atoms with Crippen LogP contribution in [-0.4, -0.2) is 11.5 Å². The summed E-state index contributed by atoms with van der Waals surface area (Å²) in [5.41, 5.74) is 8.38. The lowest BCUT2D eigenvalue weighted by molar-refractivity contribution is -0.385. The minimum atomic E-state index is -0.416. The van der Waals surface area contributed by atoms with Gasteiger partial charge in [-0.2, -0.15) is 0 Å². The van der Waals surface area contributed by atoms with Gasteiger partial charge in [-0.25, -0.2) is 0 Å². The fourth-order valence-corrected chi connectivity index (χ4v) is 2.17. The van der Waals surface area contributed by atoms with E-state index < -0.39 is 4.92 Å². The second-order valence-electron chi connectivity index (χ2n) is 4.88. The molecule has 0 aliphatic rings. The summed E-state index contributed by atoms with van der Waals surface area (Å²) >= 11 is 0. The molecule has 2 rings (SSSR count). The van der Waals surface area contributed by atoms with Gasteiger partial charge in [-0.05, 0) is 43.0 Å². The van der Waals surface area contributed by atoms with Gasteiger partial charge in [0.05, 0.1) is 11.5 Å². The van der Waals surface area contributed by atoms with Gasteiger partial charge in [0.2, 0.25) is 0 Å². The second kappa shape index (κ2) is 6.74. The van der Waals surface area contributed by atoms with Crippen LogP contribution in [0.4, 0.5) is 11.4 Å². The first-order chi connectivity index (χ1) is 10.1. The minimum absolute atomic E-state index is 0.0129. The number of nitrogens with two attached hydrogens (primary N) is 1. The molecule has 0 radical (unpaired) electrons. The molecule has 2 N–H and O–H groups in total. The molecule has 5 nitrogen and oxygen atoms in total. The summed E-state index contributed by atoms with van der Waals surface area (Å²) < 4.78 is 5.61. The Hall–Kier alpha value is -2.56. The number of ether oxygens (including phenoxy) is 1. The summed E-state index contributed by atoms with van der Waals surface area (Å²) in [6.07, 6.45) is 1.60. The third-order valence-electron chi connectivity index (χ3n) is 3.20. The van der Waals surface area contributed by atoms with Crippen molar-refractivity contribution < 1.29 is 9.66 Å². The molecule has 0 spiro atoms. The van der Waals surface area contributed by atoms with E-state index in [2.05, 4.69) is 0 Å². The van der Waals surface area contributed by atoms with E-state index in [0.717, 1.165) is 29.7 Å². The summed E-state index contributed by atoms with van der Waals surface area (Å²) in [4.78, 5) is 10.6. The monoisotopic (exact) mass is 286 g/mol. The number of anilines is 1. The van der Waals surface area contributed by atoms with Crippen molar-refractivity contribution in [2.45, 2.75) is 19.8 Å². The lowest BCUT2D eigenvalue weighted by Gasteiger charge is -2.09. The topological polar surface area (TPSA) is 78.4 Å². The Morgan fingerprint density at radius 3 is 2.71 bits per heavy atom. The number of nitrogens with zero attached hydrogens (tertiary/aromatic N) is 1. The molecular formula is C16H18N2O3. The van der Waals surface area contributed by atoms with Crippen LogP contribution in [-0.2, 0) is 6.42 Å². The van der Waals surface area contributed by atoms with Crippen LogP contribution in [0.25, 0.3) is 0 Å². The molecular weight excluding hydrogens is 268 g/mol. The standard InChI is InChI=1S/C16H18N2O3/c1-12-5-2-9-15(18(19)20)16(12)21-10-4-7-13-6-3-8-14(17)11-13/h2-3,5-6,8-9,11H,4,7,10,17H2,1H3. The Labute approximate surface area is 123 Å². The van der Waals surface area contributed by atoms with Crippen molar-refractivity contribution in [1.29, 1.82) is 0 Å². The van der Waals surface area contributed by atoms with Gasteiger partial charge in [-0.15, -0.1) is 0 Å². The van der Waals surface area contributed by atoms with Crippen LogP contribution in [0.5, 0.6) is 5.75 Å². The Balaban J connectivity index is 1.93. The zero-order valence-electron chi connectivity index (χ0n) is 11.9. The zero-order chi connectivity index (χ0) is 15.2. The maximum absolute atomic E-state index is 11.0. The molecule has 0 aromatic heterocycles. The van der Waals surface area contributed by atoms with E-state index in [0.29, 0.717) is 12.4 Å². The van der Waals surface area contributed by atoms with E-state index in [-0.39, 0.29) is 5.69 Å². The molecule has 2 aromatic rings. The number of aryl methyl sites for hydroxylation is 2. The number of rotatable bonds is 6. The van der Waals surface area contributed by atoms with Crippen LogP contribution in [0.1, 0.15) is 17.5 Å². The van der Waals surface area contributed by atoms with E-state index in [1.807, 2.05) is 24.3 Å². The van der Waals surface area contributed by atoms with Gasteiger partial charge in [-0.3, -0.25) is 10.1 Å². The molecule has 5 heteroatoms. The van der Waals surface area contributed by atoms with Crippen molar-refractivity contribution >= 4 is 11.4 Å². The summed E-state index contributed by atoms with van der Waals surface area (Å²) in [5, 5.41) is 11.0. The highest BCUT2D eigenvalue weighted by molar-refractivity contribution is 5.51. The number of nitro benzene ring substituents is 1. The second-order valence-corrected chi connectivity index (χ2v) is 4.88. The maximum Gasteiger partial charge on any atom is 0.311 e. The third-order valence-corrected chi connectivity index (χ3v) is 3.20. The first kappa shape index (κ1) is 14.8. The molecule has 110 valence electrons. The average Bonchev–Trinajstić information content (AvgIpc) is 2.44. The summed E-state index contributed by atoms with van der Waals surface area (Å²) in [5.74, 6) is 0.357. The molecule has 0 saturated heterocycles. The van der Waals surface area contributed by atoms with E-state index in [4.69, 9.17) is 10.5 Å². The van der Waals surface area contributed by atoms with Crippen molar-refractivity contribution in [3.63, 3.8) is 0 Å². The highest BCUT2D eigenvalue weighted by Gasteiger charge is 2.16. The largest absolute Gasteiger partial charge is 0.487 e. The summed E-state index contributed by atoms with van der Waals surface area (Å²) in [7, 11) is 0. The first-order valence-electron chi connectivity index (χ1n) is 6.79. The maximum atomic E-state index is 11.0. The van der Waals surface area contributed by atoms with Crippen LogP contribution in [0.3, 0.4) is 0 Å². The molecule has 0 atom stereocenters. The van der Waals surface area contributed by atoms with Crippen molar-refractivity contribution in [1.82, 2.24) is 0 Å². The quantitative estimate of drug-likeness (QED) is 0.381. The van der Waals surface area contributed by atoms with Crippen molar-refractivity contribution in [2.75, 3.05) is 12.3 Å². The zero-order valence-corrected chi connectivity index (χ0v) is 11.9. The van der Waals surface area contributed by atoms with Gasteiger partial charge in [-0.1, -0.05) is 24.3 Å². The van der Waals surface area contributed by atoms with Crippen LogP contribution < -0.4 is 10.5 Å². The summed E-state index contributed by atoms with van der Waals surface area (Å²) in [6, 6.07) is 12.6. The highest BCUT2D eigenvalue weighted by Crippen LogP contribution is 2.30. The van der Waals surface area contributed by atoms with Crippen molar-refractivity contribution in [2.24, 2.45) is 0 Å². The lowest BCUT2D eigenvalue weighted by atomic mass is 10.1. The normalized spacial score (nSPS) is 10.3. The van der Waals surface area contributed by atoms with Gasteiger partial charge in [0, 0.05) is 11.8 Å². The van der Waals surface area contributed by atoms with E-state index in [1.54, 1.807) is 19.1 Å². The van der Waals surface area contributed by atoms with Gasteiger partial charge in [0.1, 0.15) is 0 Å². The van der Waals surface area contributed by atoms with Gasteiger partial charge >= 0.3 is 5.69 Å². The Bertz CT molecular complexity index is 641. The number of nitrogen functional groups attached to an aromatic ring is 1. The lowest BCUT2D eigenvalue weighted by Crippen LogP contribution is -2.03.